The fraction of sp³-hybridized carbons (Fsp3) is 0.947. The number of ether oxygens (including phenoxy) is 1. The second-order valence-corrected chi connectivity index (χ2v) is 7.92. The van der Waals surface area contributed by atoms with Crippen molar-refractivity contribution in [3.8, 4) is 0 Å². The highest BCUT2D eigenvalue weighted by Crippen LogP contribution is 2.48. The van der Waals surface area contributed by atoms with E-state index in [1.54, 1.807) is 7.11 Å². The Kier molecular flexibility index (Phi) is 7.48. The fourth-order valence-electron chi connectivity index (χ4n) is 5.12. The van der Waals surface area contributed by atoms with Crippen molar-refractivity contribution in [2.45, 2.75) is 83.1 Å². The normalized spacial score (nSPS) is 35.9. The first-order chi connectivity index (χ1) is 11.4. The predicted octanol–water partition coefficient (Wildman–Crippen LogP) is 3.81. The van der Waals surface area contributed by atoms with E-state index in [0.717, 1.165) is 18.8 Å². The summed E-state index contributed by atoms with van der Waals surface area (Å²) < 4.78 is 19.3. The number of hydrogen-bond donors (Lipinski definition) is 2. The molecule has 7 atom stereocenters. The lowest BCUT2D eigenvalue weighted by molar-refractivity contribution is -0.138. The summed E-state index contributed by atoms with van der Waals surface area (Å²) in [5.74, 6) is 1.25. The summed E-state index contributed by atoms with van der Waals surface area (Å²) in [6.45, 7) is 2.29. The van der Waals surface area contributed by atoms with Crippen LogP contribution in [0, 0.1) is 23.7 Å². The molecule has 2 aliphatic carbocycles. The topological polar surface area (TPSA) is 66.8 Å². The molecule has 0 amide bonds. The van der Waals surface area contributed by atoms with Crippen LogP contribution in [0.3, 0.4) is 0 Å². The molecular formula is C19H33FO4. The zero-order valence-electron chi connectivity index (χ0n) is 15.0. The van der Waals surface area contributed by atoms with Crippen LogP contribution in [0.25, 0.3) is 0 Å². The van der Waals surface area contributed by atoms with Crippen molar-refractivity contribution in [3.05, 3.63) is 0 Å². The number of aliphatic hydroxyl groups is 1. The molecule has 24 heavy (non-hydrogen) atoms. The van der Waals surface area contributed by atoms with E-state index in [1.165, 1.54) is 25.7 Å². The minimum atomic E-state index is -1.46. The summed E-state index contributed by atoms with van der Waals surface area (Å²) in [5.41, 5.74) is 0. The molecule has 2 saturated carbocycles. The number of alkyl halides is 1. The summed E-state index contributed by atoms with van der Waals surface area (Å²) >= 11 is 0. The number of carbonyl (C=O) groups is 1. The van der Waals surface area contributed by atoms with Gasteiger partial charge in [-0.2, -0.15) is 0 Å². The Labute approximate surface area is 144 Å². The van der Waals surface area contributed by atoms with Crippen molar-refractivity contribution in [2.75, 3.05) is 7.11 Å². The van der Waals surface area contributed by atoms with Crippen molar-refractivity contribution in [2.24, 2.45) is 23.7 Å². The van der Waals surface area contributed by atoms with Gasteiger partial charge in [-0.05, 0) is 55.8 Å². The van der Waals surface area contributed by atoms with Gasteiger partial charge in [-0.1, -0.05) is 19.8 Å². The van der Waals surface area contributed by atoms with Gasteiger partial charge < -0.3 is 14.9 Å². The van der Waals surface area contributed by atoms with Crippen molar-refractivity contribution in [1.82, 2.24) is 0 Å². The van der Waals surface area contributed by atoms with Gasteiger partial charge in [0.15, 0.2) is 0 Å². The lowest BCUT2D eigenvalue weighted by Crippen LogP contribution is -2.44. The second-order valence-electron chi connectivity index (χ2n) is 7.92. The Balaban J connectivity index is 1.89. The summed E-state index contributed by atoms with van der Waals surface area (Å²) in [4.78, 5) is 10.5. The number of methoxy groups -OCH3 is 1. The van der Waals surface area contributed by atoms with Crippen LogP contribution in [-0.4, -0.2) is 41.7 Å². The van der Waals surface area contributed by atoms with Gasteiger partial charge in [-0.25, -0.2) is 4.39 Å². The maximum absolute atomic E-state index is 13.6. The van der Waals surface area contributed by atoms with Gasteiger partial charge in [0, 0.05) is 13.5 Å². The highest BCUT2D eigenvalue weighted by molar-refractivity contribution is 5.67. The largest absolute Gasteiger partial charge is 0.481 e. The molecule has 5 heteroatoms. The average Bonchev–Trinajstić information content (AvgIpc) is 2.52. The van der Waals surface area contributed by atoms with E-state index in [-0.39, 0.29) is 6.42 Å². The first-order valence-corrected chi connectivity index (χ1v) is 9.49. The molecule has 0 aliphatic heterocycles. The molecule has 4 nitrogen and oxygen atoms in total. The molecule has 2 aliphatic rings. The fourth-order valence-corrected chi connectivity index (χ4v) is 5.12. The monoisotopic (exact) mass is 344 g/mol. The molecule has 0 aromatic heterocycles. The van der Waals surface area contributed by atoms with Gasteiger partial charge in [0.1, 0.15) is 6.17 Å². The van der Waals surface area contributed by atoms with Crippen LogP contribution in [0.4, 0.5) is 4.39 Å². The van der Waals surface area contributed by atoms with E-state index >= 15 is 0 Å². The van der Waals surface area contributed by atoms with Crippen LogP contribution in [0.5, 0.6) is 0 Å². The summed E-state index contributed by atoms with van der Waals surface area (Å²) in [5, 5.41) is 18.7. The number of halogens is 1. The molecule has 0 aromatic carbocycles. The van der Waals surface area contributed by atoms with Gasteiger partial charge in [-0.15, -0.1) is 0 Å². The Hall–Kier alpha value is -0.680. The number of hydrogen-bond acceptors (Lipinski definition) is 3. The average molecular weight is 344 g/mol. The number of fused-ring (bicyclic) bond motifs is 1. The molecule has 2 N–H and O–H groups in total. The minimum Gasteiger partial charge on any atom is -0.481 e. The van der Waals surface area contributed by atoms with Crippen LogP contribution >= 0.6 is 0 Å². The maximum atomic E-state index is 13.6. The van der Waals surface area contributed by atoms with E-state index in [1.807, 2.05) is 0 Å². The third-order valence-electron chi connectivity index (χ3n) is 6.32. The van der Waals surface area contributed by atoms with Gasteiger partial charge >= 0.3 is 5.97 Å². The first kappa shape index (κ1) is 19.6. The quantitative estimate of drug-likeness (QED) is 0.703. The molecule has 0 bridgehead atoms. The molecule has 2 unspecified atom stereocenters. The van der Waals surface area contributed by atoms with Crippen LogP contribution in [0.2, 0.25) is 0 Å². The highest BCUT2D eigenvalue weighted by atomic mass is 19.1. The van der Waals surface area contributed by atoms with Gasteiger partial charge in [0.25, 0.3) is 0 Å². The zero-order chi connectivity index (χ0) is 17.7. The van der Waals surface area contributed by atoms with Gasteiger partial charge in [0.05, 0.1) is 18.6 Å². The molecule has 2 fully saturated rings. The third kappa shape index (κ3) is 5.16. The third-order valence-corrected chi connectivity index (χ3v) is 6.32. The Morgan fingerprint density at radius 2 is 2.04 bits per heavy atom. The van der Waals surface area contributed by atoms with Gasteiger partial charge in [0.2, 0.25) is 0 Å². The van der Waals surface area contributed by atoms with Gasteiger partial charge in [-0.3, -0.25) is 4.79 Å². The lowest BCUT2D eigenvalue weighted by atomic mass is 9.59. The van der Waals surface area contributed by atoms with E-state index < -0.39 is 24.7 Å². The molecule has 0 heterocycles. The lowest BCUT2D eigenvalue weighted by Gasteiger charge is -2.48. The highest BCUT2D eigenvalue weighted by Gasteiger charge is 2.43. The van der Waals surface area contributed by atoms with Crippen molar-refractivity contribution >= 4 is 5.97 Å². The molecule has 0 saturated heterocycles. The van der Waals surface area contributed by atoms with E-state index in [4.69, 9.17) is 9.84 Å². The van der Waals surface area contributed by atoms with Crippen molar-refractivity contribution < 1.29 is 24.1 Å². The van der Waals surface area contributed by atoms with Crippen LogP contribution in [0.1, 0.15) is 64.7 Å². The molecule has 0 radical (unpaired) electrons. The number of aliphatic carboxylic acids is 1. The Bertz CT molecular complexity index is 397. The van der Waals surface area contributed by atoms with Crippen LogP contribution in [-0.2, 0) is 9.53 Å². The number of carboxylic acids is 1. The molecule has 0 spiro atoms. The van der Waals surface area contributed by atoms with Crippen molar-refractivity contribution in [1.29, 1.82) is 0 Å². The van der Waals surface area contributed by atoms with Crippen LogP contribution in [0.15, 0.2) is 0 Å². The molecule has 0 aromatic rings. The second kappa shape index (κ2) is 9.14. The Morgan fingerprint density at radius 3 is 2.71 bits per heavy atom. The zero-order valence-corrected chi connectivity index (χ0v) is 15.0. The van der Waals surface area contributed by atoms with E-state index in [0.29, 0.717) is 30.3 Å². The summed E-state index contributed by atoms with van der Waals surface area (Å²) in [6.07, 6.45) is 5.07. The first-order valence-electron chi connectivity index (χ1n) is 9.49. The summed E-state index contributed by atoms with van der Waals surface area (Å²) in [6, 6.07) is 0. The van der Waals surface area contributed by atoms with E-state index in [9.17, 15) is 14.3 Å². The standard InChI is InChI=1S/C19H33FO4/c1-12-6-7-13-4-3-5-17(24-2)19(13)16(12)9-8-15(21)10-14(20)11-18(22)23/h12-17,19,21H,3-11H2,1-2H3,(H,22,23)/t12-,13?,14-,15+,16-,17-,19?/m0/s1. The number of carboxylic acid groups (broad SMARTS) is 1. The van der Waals surface area contributed by atoms with Crippen LogP contribution < -0.4 is 0 Å². The number of aliphatic hydroxyl groups excluding tert-OH is 1. The van der Waals surface area contributed by atoms with Crippen molar-refractivity contribution in [3.63, 3.8) is 0 Å². The summed E-state index contributed by atoms with van der Waals surface area (Å²) in [7, 11) is 1.80. The molecule has 140 valence electrons. The molecular weight excluding hydrogens is 311 g/mol. The molecule has 2 rings (SSSR count). The minimum absolute atomic E-state index is 0.0742. The number of rotatable bonds is 8. The predicted molar refractivity (Wildman–Crippen MR) is 90.5 cm³/mol. The smallest absolute Gasteiger partial charge is 0.306 e. The SMILES string of the molecule is CO[C@H]1CCCC2CC[C@H](C)[C@H](CC[C@@H](O)C[C@H](F)CC(=O)O)C21. The Morgan fingerprint density at radius 1 is 1.29 bits per heavy atom. The maximum Gasteiger partial charge on any atom is 0.306 e. The van der Waals surface area contributed by atoms with E-state index in [2.05, 4.69) is 6.92 Å².